The number of thioether (sulfide) groups is 1. The molecule has 0 saturated carbocycles. The first kappa shape index (κ1) is 17.2. The van der Waals surface area contributed by atoms with Crippen molar-refractivity contribution in [3.05, 3.63) is 71.8 Å². The fourth-order valence-corrected chi connectivity index (χ4v) is 3.06. The van der Waals surface area contributed by atoms with E-state index in [0.717, 1.165) is 16.6 Å². The van der Waals surface area contributed by atoms with Crippen molar-refractivity contribution in [2.45, 2.75) is 18.6 Å². The van der Waals surface area contributed by atoms with Crippen molar-refractivity contribution in [1.82, 2.24) is 20.1 Å². The number of halogens is 1. The van der Waals surface area contributed by atoms with E-state index < -0.39 is 5.82 Å². The molecule has 0 aliphatic heterocycles. The Labute approximate surface area is 149 Å². The molecule has 1 heterocycles. The monoisotopic (exact) mass is 356 g/mol. The van der Waals surface area contributed by atoms with Crippen LogP contribution in [-0.2, 0) is 6.54 Å². The zero-order valence-corrected chi connectivity index (χ0v) is 14.5. The molecule has 7 heteroatoms. The Balaban J connectivity index is 1.82. The van der Waals surface area contributed by atoms with Crippen molar-refractivity contribution in [2.24, 2.45) is 0 Å². The summed E-state index contributed by atoms with van der Waals surface area (Å²) in [6, 6.07) is 15.3. The van der Waals surface area contributed by atoms with Gasteiger partial charge in [-0.2, -0.15) is 0 Å². The summed E-state index contributed by atoms with van der Waals surface area (Å²) < 4.78 is 15.2. The lowest BCUT2D eigenvalue weighted by molar-refractivity contribution is 0.0949. The van der Waals surface area contributed by atoms with E-state index >= 15 is 0 Å². The Morgan fingerprint density at radius 1 is 1.16 bits per heavy atom. The standard InChI is InChI=1S/C18H17FN4OS/c1-2-25-18-22-21-16(23(18)15-9-4-3-5-10-15)12-20-17(24)13-7-6-8-14(19)11-13/h3-11H,2,12H2,1H3,(H,20,24). The first-order chi connectivity index (χ1) is 12.2. The minimum absolute atomic E-state index is 0.196. The van der Waals surface area contributed by atoms with E-state index in [1.54, 1.807) is 17.8 Å². The molecule has 0 spiro atoms. The van der Waals surface area contributed by atoms with Crippen LogP contribution in [0.4, 0.5) is 4.39 Å². The van der Waals surface area contributed by atoms with Crippen molar-refractivity contribution in [1.29, 1.82) is 0 Å². The highest BCUT2D eigenvalue weighted by molar-refractivity contribution is 7.99. The molecule has 128 valence electrons. The fraction of sp³-hybridized carbons (Fsp3) is 0.167. The van der Waals surface area contributed by atoms with Gasteiger partial charge in [0.1, 0.15) is 5.82 Å². The molecule has 0 atom stereocenters. The van der Waals surface area contributed by atoms with Gasteiger partial charge in [0.15, 0.2) is 11.0 Å². The van der Waals surface area contributed by atoms with Crippen LogP contribution < -0.4 is 5.32 Å². The summed E-state index contributed by atoms with van der Waals surface area (Å²) in [5, 5.41) is 11.9. The third-order valence-corrected chi connectivity index (χ3v) is 4.29. The molecule has 0 aliphatic carbocycles. The third kappa shape index (κ3) is 4.06. The minimum Gasteiger partial charge on any atom is -0.345 e. The molecule has 0 fully saturated rings. The molecule has 1 aromatic heterocycles. The summed E-state index contributed by atoms with van der Waals surface area (Å²) in [5.41, 5.74) is 1.20. The Morgan fingerprint density at radius 3 is 2.68 bits per heavy atom. The molecule has 0 aliphatic rings. The molecule has 1 amide bonds. The number of carbonyl (C=O) groups excluding carboxylic acids is 1. The van der Waals surface area contributed by atoms with Crippen LogP contribution in [0.2, 0.25) is 0 Å². The van der Waals surface area contributed by atoms with Crippen LogP contribution in [0, 0.1) is 5.82 Å². The molecule has 2 aromatic carbocycles. The first-order valence-electron chi connectivity index (χ1n) is 7.85. The lowest BCUT2D eigenvalue weighted by atomic mass is 10.2. The molecule has 0 unspecified atom stereocenters. The zero-order chi connectivity index (χ0) is 17.6. The quantitative estimate of drug-likeness (QED) is 0.687. The van der Waals surface area contributed by atoms with Crippen LogP contribution in [0.1, 0.15) is 23.1 Å². The smallest absolute Gasteiger partial charge is 0.251 e. The van der Waals surface area contributed by atoms with Crippen LogP contribution in [0.25, 0.3) is 5.69 Å². The SMILES string of the molecule is CCSc1nnc(CNC(=O)c2cccc(F)c2)n1-c1ccccc1. The molecule has 3 aromatic rings. The van der Waals surface area contributed by atoms with E-state index in [0.29, 0.717) is 5.82 Å². The molecule has 0 radical (unpaired) electrons. The number of rotatable bonds is 6. The largest absolute Gasteiger partial charge is 0.345 e. The van der Waals surface area contributed by atoms with Gasteiger partial charge in [0, 0.05) is 11.3 Å². The molecule has 0 saturated heterocycles. The summed E-state index contributed by atoms with van der Waals surface area (Å²) in [6.07, 6.45) is 0. The van der Waals surface area contributed by atoms with Gasteiger partial charge in [-0.3, -0.25) is 9.36 Å². The van der Waals surface area contributed by atoms with E-state index in [1.165, 1.54) is 18.2 Å². The topological polar surface area (TPSA) is 59.8 Å². The molecule has 3 rings (SSSR count). The third-order valence-electron chi connectivity index (χ3n) is 3.48. The van der Waals surface area contributed by atoms with Gasteiger partial charge in [-0.1, -0.05) is 43.0 Å². The second kappa shape index (κ2) is 7.94. The van der Waals surface area contributed by atoms with E-state index in [-0.39, 0.29) is 18.0 Å². The summed E-state index contributed by atoms with van der Waals surface area (Å²) in [7, 11) is 0. The normalized spacial score (nSPS) is 10.6. The fourth-order valence-electron chi connectivity index (χ4n) is 2.36. The molecular formula is C18H17FN4OS. The number of nitrogens with zero attached hydrogens (tertiary/aromatic N) is 3. The van der Waals surface area contributed by atoms with Crippen molar-refractivity contribution in [3.63, 3.8) is 0 Å². The van der Waals surface area contributed by atoms with Gasteiger partial charge in [-0.05, 0) is 36.1 Å². The van der Waals surface area contributed by atoms with Crippen molar-refractivity contribution in [2.75, 3.05) is 5.75 Å². The van der Waals surface area contributed by atoms with Crippen LogP contribution in [-0.4, -0.2) is 26.4 Å². The second-order valence-electron chi connectivity index (χ2n) is 5.20. The number of para-hydroxylation sites is 1. The van der Waals surface area contributed by atoms with Gasteiger partial charge in [-0.15, -0.1) is 10.2 Å². The predicted molar refractivity (Wildman–Crippen MR) is 95.3 cm³/mol. The van der Waals surface area contributed by atoms with Gasteiger partial charge >= 0.3 is 0 Å². The Morgan fingerprint density at radius 2 is 1.96 bits per heavy atom. The summed E-state index contributed by atoms with van der Waals surface area (Å²) in [6.45, 7) is 2.24. The highest BCUT2D eigenvalue weighted by atomic mass is 32.2. The predicted octanol–water partition coefficient (Wildman–Crippen LogP) is 3.45. The summed E-state index contributed by atoms with van der Waals surface area (Å²) in [4.78, 5) is 12.2. The van der Waals surface area contributed by atoms with Gasteiger partial charge in [0.05, 0.1) is 6.54 Å². The van der Waals surface area contributed by atoms with E-state index in [1.807, 2.05) is 41.8 Å². The highest BCUT2D eigenvalue weighted by Gasteiger charge is 2.15. The van der Waals surface area contributed by atoms with Crippen LogP contribution in [0.15, 0.2) is 59.8 Å². The summed E-state index contributed by atoms with van der Waals surface area (Å²) in [5.74, 6) is 0.682. The number of benzene rings is 2. The van der Waals surface area contributed by atoms with Gasteiger partial charge in [0.2, 0.25) is 0 Å². The number of hydrogen-bond donors (Lipinski definition) is 1. The average molecular weight is 356 g/mol. The Bertz CT molecular complexity index is 867. The Hall–Kier alpha value is -2.67. The molecule has 25 heavy (non-hydrogen) atoms. The minimum atomic E-state index is -0.443. The summed E-state index contributed by atoms with van der Waals surface area (Å²) >= 11 is 1.58. The van der Waals surface area contributed by atoms with Crippen LogP contribution in [0.5, 0.6) is 0 Å². The van der Waals surface area contributed by atoms with Gasteiger partial charge in [-0.25, -0.2) is 4.39 Å². The number of amides is 1. The van der Waals surface area contributed by atoms with E-state index in [9.17, 15) is 9.18 Å². The molecular weight excluding hydrogens is 339 g/mol. The Kier molecular flexibility index (Phi) is 5.45. The molecule has 1 N–H and O–H groups in total. The number of nitrogens with one attached hydrogen (secondary N) is 1. The number of carbonyl (C=O) groups is 1. The van der Waals surface area contributed by atoms with Crippen LogP contribution >= 0.6 is 11.8 Å². The number of hydrogen-bond acceptors (Lipinski definition) is 4. The van der Waals surface area contributed by atoms with Gasteiger partial charge in [0.25, 0.3) is 5.91 Å². The van der Waals surface area contributed by atoms with Gasteiger partial charge < -0.3 is 5.32 Å². The second-order valence-corrected chi connectivity index (χ2v) is 6.43. The average Bonchev–Trinajstić information content (AvgIpc) is 3.03. The lowest BCUT2D eigenvalue weighted by Crippen LogP contribution is -2.24. The first-order valence-corrected chi connectivity index (χ1v) is 8.84. The van der Waals surface area contributed by atoms with Crippen molar-refractivity contribution in [3.8, 4) is 5.69 Å². The lowest BCUT2D eigenvalue weighted by Gasteiger charge is -2.10. The van der Waals surface area contributed by atoms with Crippen LogP contribution in [0.3, 0.4) is 0 Å². The highest BCUT2D eigenvalue weighted by Crippen LogP contribution is 2.21. The van der Waals surface area contributed by atoms with Crippen molar-refractivity contribution >= 4 is 17.7 Å². The molecule has 5 nitrogen and oxygen atoms in total. The zero-order valence-electron chi connectivity index (χ0n) is 13.6. The maximum atomic E-state index is 13.3. The van der Waals surface area contributed by atoms with E-state index in [4.69, 9.17) is 0 Å². The number of aromatic nitrogens is 3. The van der Waals surface area contributed by atoms with Crippen molar-refractivity contribution < 1.29 is 9.18 Å². The molecule has 0 bridgehead atoms. The maximum absolute atomic E-state index is 13.3. The van der Waals surface area contributed by atoms with E-state index in [2.05, 4.69) is 15.5 Å². The maximum Gasteiger partial charge on any atom is 0.251 e.